The van der Waals surface area contributed by atoms with Gasteiger partial charge in [-0.1, -0.05) is 19.6 Å². The number of rotatable bonds is 10. The topological polar surface area (TPSA) is 121 Å². The number of hydrogen-bond acceptors (Lipinski definition) is 10. The van der Waals surface area contributed by atoms with Crippen molar-refractivity contribution in [3.05, 3.63) is 53.2 Å². The van der Waals surface area contributed by atoms with Crippen LogP contribution < -0.4 is 14.4 Å². The molecule has 3 aliphatic heterocycles. The lowest BCUT2D eigenvalue weighted by Gasteiger charge is -2.41. The van der Waals surface area contributed by atoms with Gasteiger partial charge in [0.2, 0.25) is 11.7 Å². The number of aromatic nitrogens is 2. The van der Waals surface area contributed by atoms with Gasteiger partial charge in [0.05, 0.1) is 32.2 Å². The Labute approximate surface area is 253 Å². The summed E-state index contributed by atoms with van der Waals surface area (Å²) in [5, 5.41) is 9.50. The van der Waals surface area contributed by atoms with Crippen LogP contribution in [-0.4, -0.2) is 96.6 Å². The van der Waals surface area contributed by atoms with Gasteiger partial charge in [-0.3, -0.25) is 9.59 Å². The smallest absolute Gasteiger partial charge is 0.319 e. The summed E-state index contributed by atoms with van der Waals surface area (Å²) in [6.07, 6.45) is 3.83. The van der Waals surface area contributed by atoms with Crippen molar-refractivity contribution in [1.29, 1.82) is 5.26 Å². The number of likely N-dealkylation sites (N-methyl/N-ethyl adjacent to an activating group) is 1. The second-order valence-electron chi connectivity index (χ2n) is 11.3. The lowest BCUT2D eigenvalue weighted by atomic mass is 9.94. The first-order chi connectivity index (χ1) is 20.9. The molecule has 228 valence electrons. The van der Waals surface area contributed by atoms with E-state index in [4.69, 9.17) is 24.2 Å². The maximum atomic E-state index is 14.1. The third kappa shape index (κ3) is 6.50. The number of nitriles is 1. The lowest BCUT2D eigenvalue weighted by molar-refractivity contribution is -0.128. The van der Waals surface area contributed by atoms with Gasteiger partial charge in [0.25, 0.3) is 0 Å². The Balaban J connectivity index is 1.47. The molecule has 0 saturated carbocycles. The number of carbonyl (C=O) groups is 2. The maximum absolute atomic E-state index is 14.1. The van der Waals surface area contributed by atoms with E-state index in [0.717, 1.165) is 36.3 Å². The minimum atomic E-state index is -0.698. The molecule has 11 heteroatoms. The Morgan fingerprint density at radius 2 is 2.05 bits per heavy atom. The summed E-state index contributed by atoms with van der Waals surface area (Å²) >= 11 is 0. The fourth-order valence-electron chi connectivity index (χ4n) is 6.24. The number of ether oxygens (including phenoxy) is 3. The number of amides is 1. The number of carbonyl (C=O) groups excluding carboxylic acids is 2. The van der Waals surface area contributed by atoms with Gasteiger partial charge in [-0.05, 0) is 62.2 Å². The van der Waals surface area contributed by atoms with E-state index < -0.39 is 6.10 Å². The summed E-state index contributed by atoms with van der Waals surface area (Å²) in [5.74, 6) is 0.940. The van der Waals surface area contributed by atoms with Crippen molar-refractivity contribution in [2.24, 2.45) is 0 Å². The van der Waals surface area contributed by atoms with Gasteiger partial charge < -0.3 is 28.9 Å². The number of Topliss-reactive ketones (excluding diaryl/α,β-unsaturated/α-hetero) is 1. The molecule has 2 saturated heterocycles. The summed E-state index contributed by atoms with van der Waals surface area (Å²) in [7, 11) is 3.70. The predicted octanol–water partition coefficient (Wildman–Crippen LogP) is 2.96. The Hall–Kier alpha value is -4.01. The van der Waals surface area contributed by atoms with Gasteiger partial charge in [-0.25, -0.2) is 0 Å². The summed E-state index contributed by atoms with van der Waals surface area (Å²) in [6.45, 7) is 8.61. The van der Waals surface area contributed by atoms with Crippen LogP contribution in [0.3, 0.4) is 0 Å². The molecule has 1 aromatic carbocycles. The predicted molar refractivity (Wildman–Crippen MR) is 160 cm³/mol. The summed E-state index contributed by atoms with van der Waals surface area (Å²) in [4.78, 5) is 42.2. The third-order valence-corrected chi connectivity index (χ3v) is 8.75. The zero-order valence-corrected chi connectivity index (χ0v) is 25.3. The molecule has 2 aromatic rings. The van der Waals surface area contributed by atoms with E-state index in [2.05, 4.69) is 24.6 Å². The Kier molecular flexibility index (Phi) is 9.58. The van der Waals surface area contributed by atoms with Crippen LogP contribution in [-0.2, 0) is 29.0 Å². The number of ketones is 1. The van der Waals surface area contributed by atoms with Crippen LogP contribution in [0.4, 0.5) is 5.82 Å². The highest BCUT2D eigenvalue weighted by atomic mass is 16.5. The van der Waals surface area contributed by atoms with E-state index in [-0.39, 0.29) is 36.2 Å². The molecule has 0 N–H and O–H groups in total. The molecular weight excluding hydrogens is 548 g/mol. The average molecular weight is 589 g/mol. The molecule has 0 aliphatic carbocycles. The van der Waals surface area contributed by atoms with Crippen LogP contribution in [0.1, 0.15) is 53.4 Å². The first-order valence-electron chi connectivity index (χ1n) is 15.0. The van der Waals surface area contributed by atoms with Crippen LogP contribution in [0.15, 0.2) is 30.9 Å². The number of likely N-dealkylation sites (tertiary alicyclic amines) is 1. The van der Waals surface area contributed by atoms with E-state index in [9.17, 15) is 14.9 Å². The van der Waals surface area contributed by atoms with Gasteiger partial charge in [-0.2, -0.15) is 15.2 Å². The highest BCUT2D eigenvalue weighted by molar-refractivity contribution is 6.00. The summed E-state index contributed by atoms with van der Waals surface area (Å²) in [6, 6.07) is 8.09. The van der Waals surface area contributed by atoms with E-state index in [0.29, 0.717) is 62.8 Å². The second kappa shape index (κ2) is 13.5. The molecule has 4 heterocycles. The Morgan fingerprint density at radius 3 is 2.74 bits per heavy atom. The second-order valence-corrected chi connectivity index (χ2v) is 11.3. The summed E-state index contributed by atoms with van der Waals surface area (Å²) < 4.78 is 17.6. The SMILES string of the molecule is C=CC(=O)N1CCN(c2nc(OCC3CCCN3C)nc(C(=O)[C@H]3Cc4ccc(OC)cc4CO3)c2CC)CC1CC#N. The minimum absolute atomic E-state index is 0.151. The maximum Gasteiger partial charge on any atom is 0.319 e. The van der Waals surface area contributed by atoms with Crippen LogP contribution in [0.5, 0.6) is 11.8 Å². The van der Waals surface area contributed by atoms with Crippen LogP contribution in [0, 0.1) is 11.3 Å². The lowest BCUT2D eigenvalue weighted by Crippen LogP contribution is -2.55. The van der Waals surface area contributed by atoms with Crippen molar-refractivity contribution < 1.29 is 23.8 Å². The van der Waals surface area contributed by atoms with E-state index >= 15 is 0 Å². The number of methoxy groups -OCH3 is 1. The van der Waals surface area contributed by atoms with Crippen molar-refractivity contribution in [2.45, 2.75) is 63.8 Å². The molecule has 0 spiro atoms. The first-order valence-corrected chi connectivity index (χ1v) is 15.0. The van der Waals surface area contributed by atoms with Gasteiger partial charge >= 0.3 is 6.01 Å². The van der Waals surface area contributed by atoms with E-state index in [1.54, 1.807) is 12.0 Å². The monoisotopic (exact) mass is 588 g/mol. The normalized spacial score (nSPS) is 22.0. The number of nitrogens with zero attached hydrogens (tertiary/aromatic N) is 6. The molecule has 5 rings (SSSR count). The molecule has 1 aromatic heterocycles. The van der Waals surface area contributed by atoms with Gasteiger partial charge in [0, 0.05) is 37.7 Å². The highest BCUT2D eigenvalue weighted by Gasteiger charge is 2.35. The highest BCUT2D eigenvalue weighted by Crippen LogP contribution is 2.31. The minimum Gasteiger partial charge on any atom is -0.497 e. The number of hydrogen-bond donors (Lipinski definition) is 0. The fraction of sp³-hybridized carbons (Fsp3) is 0.531. The summed E-state index contributed by atoms with van der Waals surface area (Å²) in [5.41, 5.74) is 3.05. The molecule has 0 radical (unpaired) electrons. The third-order valence-electron chi connectivity index (χ3n) is 8.75. The van der Waals surface area contributed by atoms with Gasteiger partial charge in [0.15, 0.2) is 0 Å². The van der Waals surface area contributed by atoms with Gasteiger partial charge in [-0.15, -0.1) is 0 Å². The zero-order chi connectivity index (χ0) is 30.5. The quantitative estimate of drug-likeness (QED) is 0.303. The van der Waals surface area contributed by atoms with E-state index in [1.807, 2.05) is 30.0 Å². The first kappa shape index (κ1) is 30.4. The Bertz CT molecular complexity index is 1410. The fourth-order valence-corrected chi connectivity index (χ4v) is 6.24. The standard InChI is InChI=1S/C32H40N6O5/c1-5-26-29(30(40)27-17-21-9-10-25(41-4)16-22(21)19-42-27)34-32(43-20-24-8-7-13-36(24)3)35-31(26)37-14-15-38(28(39)6-2)23(18-37)11-12-33/h6,9-10,16,23-24,27H,2,5,7-8,11,13-15,17-20H2,1,3-4H3/t23?,24?,27-/m1/s1. The van der Waals surface area contributed by atoms with Crippen LogP contribution >= 0.6 is 0 Å². The number of piperazine rings is 1. The molecule has 0 bridgehead atoms. The average Bonchev–Trinajstić information content (AvgIpc) is 3.46. The molecular formula is C32H40N6O5. The molecule has 2 fully saturated rings. The van der Waals surface area contributed by atoms with Crippen molar-refractivity contribution in [3.8, 4) is 17.8 Å². The Morgan fingerprint density at radius 1 is 1.21 bits per heavy atom. The number of fused-ring (bicyclic) bond motifs is 1. The molecule has 11 nitrogen and oxygen atoms in total. The van der Waals surface area contributed by atoms with Crippen molar-refractivity contribution in [3.63, 3.8) is 0 Å². The zero-order valence-electron chi connectivity index (χ0n) is 25.3. The number of benzene rings is 1. The van der Waals surface area contributed by atoms with Gasteiger partial charge in [0.1, 0.15) is 30.0 Å². The van der Waals surface area contributed by atoms with Crippen molar-refractivity contribution in [1.82, 2.24) is 19.8 Å². The molecule has 43 heavy (non-hydrogen) atoms. The molecule has 3 atom stereocenters. The molecule has 2 unspecified atom stereocenters. The largest absolute Gasteiger partial charge is 0.497 e. The van der Waals surface area contributed by atoms with Crippen LogP contribution in [0.2, 0.25) is 0 Å². The van der Waals surface area contributed by atoms with Crippen molar-refractivity contribution in [2.75, 3.05) is 51.8 Å². The molecule has 3 aliphatic rings. The van der Waals surface area contributed by atoms with Crippen LogP contribution in [0.25, 0.3) is 0 Å². The van der Waals surface area contributed by atoms with E-state index in [1.165, 1.54) is 6.08 Å². The number of anilines is 1. The molecule has 1 amide bonds. The van der Waals surface area contributed by atoms with Crippen molar-refractivity contribution >= 4 is 17.5 Å².